The molecule has 1 aromatic rings. The van der Waals surface area contributed by atoms with Gasteiger partial charge in [-0.3, -0.25) is 0 Å². The van der Waals surface area contributed by atoms with Crippen LogP contribution in [-0.4, -0.2) is 23.6 Å². The van der Waals surface area contributed by atoms with Crippen molar-refractivity contribution in [1.82, 2.24) is 5.32 Å². The van der Waals surface area contributed by atoms with Crippen molar-refractivity contribution in [2.45, 2.75) is 38.0 Å². The van der Waals surface area contributed by atoms with Gasteiger partial charge >= 0.3 is 0 Å². The molecule has 0 saturated heterocycles. The molecule has 0 heterocycles. The first-order chi connectivity index (χ1) is 8.31. The Balaban J connectivity index is 2.62. The lowest BCUT2D eigenvalue weighted by Crippen LogP contribution is -2.32. The van der Waals surface area contributed by atoms with Gasteiger partial charge in [-0.2, -0.15) is 11.8 Å². The molecular weight excluding hydrogens is 252 g/mol. The van der Waals surface area contributed by atoms with Gasteiger partial charge in [0.2, 0.25) is 0 Å². The molecule has 0 aromatic heterocycles. The van der Waals surface area contributed by atoms with Gasteiger partial charge < -0.3 is 5.32 Å². The van der Waals surface area contributed by atoms with E-state index in [1.165, 1.54) is 12.1 Å². The molecule has 0 aliphatic heterocycles. The fourth-order valence-corrected chi connectivity index (χ4v) is 2.53. The molecule has 0 bridgehead atoms. The summed E-state index contributed by atoms with van der Waals surface area (Å²) in [6.45, 7) is 6.47. The van der Waals surface area contributed by atoms with Gasteiger partial charge in [0.1, 0.15) is 11.6 Å². The summed E-state index contributed by atoms with van der Waals surface area (Å²) in [5, 5.41) is 3.18. The summed E-state index contributed by atoms with van der Waals surface area (Å²) in [7, 11) is 1.87. The van der Waals surface area contributed by atoms with Crippen molar-refractivity contribution < 1.29 is 8.78 Å². The van der Waals surface area contributed by atoms with E-state index in [-0.39, 0.29) is 10.8 Å². The van der Waals surface area contributed by atoms with E-state index in [1.807, 2.05) is 18.8 Å². The molecule has 18 heavy (non-hydrogen) atoms. The zero-order valence-corrected chi connectivity index (χ0v) is 12.2. The van der Waals surface area contributed by atoms with Crippen molar-refractivity contribution in [2.24, 2.45) is 0 Å². The van der Waals surface area contributed by atoms with Crippen LogP contribution in [-0.2, 0) is 6.42 Å². The van der Waals surface area contributed by atoms with E-state index in [2.05, 4.69) is 26.1 Å². The standard InChI is InChI=1S/C14H21F2NS/c1-14(2,3)18-9-12(17-4)7-10-5-6-11(15)8-13(10)16/h5-6,8,12,17H,7,9H2,1-4H3. The van der Waals surface area contributed by atoms with Crippen molar-refractivity contribution >= 4 is 11.8 Å². The van der Waals surface area contributed by atoms with Crippen molar-refractivity contribution in [2.75, 3.05) is 12.8 Å². The lowest BCUT2D eigenvalue weighted by atomic mass is 10.1. The van der Waals surface area contributed by atoms with E-state index in [1.54, 1.807) is 0 Å². The van der Waals surface area contributed by atoms with Crippen LogP contribution in [0.25, 0.3) is 0 Å². The highest BCUT2D eigenvalue weighted by Crippen LogP contribution is 2.24. The molecule has 102 valence electrons. The molecule has 1 unspecified atom stereocenters. The minimum atomic E-state index is -0.527. The Morgan fingerprint density at radius 2 is 1.94 bits per heavy atom. The lowest BCUT2D eigenvalue weighted by Gasteiger charge is -2.23. The second kappa shape index (κ2) is 6.53. The maximum Gasteiger partial charge on any atom is 0.129 e. The Morgan fingerprint density at radius 3 is 2.44 bits per heavy atom. The maximum atomic E-state index is 13.5. The predicted molar refractivity (Wildman–Crippen MR) is 75.1 cm³/mol. The lowest BCUT2D eigenvalue weighted by molar-refractivity contribution is 0.549. The van der Waals surface area contributed by atoms with Crippen LogP contribution in [0.4, 0.5) is 8.78 Å². The molecule has 0 radical (unpaired) electrons. The highest BCUT2D eigenvalue weighted by molar-refractivity contribution is 8.00. The first kappa shape index (κ1) is 15.4. The van der Waals surface area contributed by atoms with E-state index < -0.39 is 11.6 Å². The largest absolute Gasteiger partial charge is 0.316 e. The van der Waals surface area contributed by atoms with Gasteiger partial charge in [0.25, 0.3) is 0 Å². The maximum absolute atomic E-state index is 13.5. The number of hydrogen-bond donors (Lipinski definition) is 1. The SMILES string of the molecule is CNC(CSC(C)(C)C)Cc1ccc(F)cc1F. The number of hydrogen-bond acceptors (Lipinski definition) is 2. The Bertz CT molecular complexity index is 388. The van der Waals surface area contributed by atoms with Gasteiger partial charge in [-0.05, 0) is 25.1 Å². The third kappa shape index (κ3) is 5.36. The van der Waals surface area contributed by atoms with E-state index in [0.29, 0.717) is 12.0 Å². The van der Waals surface area contributed by atoms with Gasteiger partial charge in [0.05, 0.1) is 0 Å². The summed E-state index contributed by atoms with van der Waals surface area (Å²) in [6.07, 6.45) is 0.575. The molecule has 0 aliphatic rings. The molecule has 0 aliphatic carbocycles. The van der Waals surface area contributed by atoms with E-state index in [9.17, 15) is 8.78 Å². The molecule has 0 amide bonds. The molecule has 1 aromatic carbocycles. The summed E-state index contributed by atoms with van der Waals surface area (Å²) in [5.41, 5.74) is 0.560. The molecule has 0 saturated carbocycles. The summed E-state index contributed by atoms with van der Waals surface area (Å²) in [6, 6.07) is 3.96. The third-order valence-electron chi connectivity index (χ3n) is 2.61. The monoisotopic (exact) mass is 273 g/mol. The molecular formula is C14H21F2NS. The van der Waals surface area contributed by atoms with Crippen LogP contribution >= 0.6 is 11.8 Å². The van der Waals surface area contributed by atoms with Crippen LogP contribution in [0.5, 0.6) is 0 Å². The van der Waals surface area contributed by atoms with Crippen LogP contribution in [0.3, 0.4) is 0 Å². The third-order valence-corrected chi connectivity index (χ3v) is 4.04. The van der Waals surface area contributed by atoms with Crippen molar-refractivity contribution in [3.05, 3.63) is 35.4 Å². The normalized spacial score (nSPS) is 13.7. The topological polar surface area (TPSA) is 12.0 Å². The smallest absolute Gasteiger partial charge is 0.129 e. The number of rotatable bonds is 5. The van der Waals surface area contributed by atoms with Crippen LogP contribution in [0.15, 0.2) is 18.2 Å². The van der Waals surface area contributed by atoms with E-state index >= 15 is 0 Å². The second-order valence-electron chi connectivity index (χ2n) is 5.35. The van der Waals surface area contributed by atoms with Gasteiger partial charge in [-0.1, -0.05) is 26.8 Å². The average molecular weight is 273 g/mol. The summed E-state index contributed by atoms with van der Waals surface area (Å²) < 4.78 is 26.5. The van der Waals surface area contributed by atoms with Crippen LogP contribution in [0.1, 0.15) is 26.3 Å². The van der Waals surface area contributed by atoms with Crippen molar-refractivity contribution in [3.63, 3.8) is 0 Å². The van der Waals surface area contributed by atoms with Gasteiger partial charge in [-0.15, -0.1) is 0 Å². The number of benzene rings is 1. The Labute approximate surface area is 112 Å². The Morgan fingerprint density at radius 1 is 1.28 bits per heavy atom. The van der Waals surface area contributed by atoms with Gasteiger partial charge in [0.15, 0.2) is 0 Å². The average Bonchev–Trinajstić information content (AvgIpc) is 2.25. The van der Waals surface area contributed by atoms with Crippen molar-refractivity contribution in [3.8, 4) is 0 Å². The summed E-state index contributed by atoms with van der Waals surface area (Å²) >= 11 is 1.84. The highest BCUT2D eigenvalue weighted by atomic mass is 32.2. The number of nitrogens with one attached hydrogen (secondary N) is 1. The molecule has 1 rings (SSSR count). The zero-order valence-electron chi connectivity index (χ0n) is 11.4. The molecule has 0 fully saturated rings. The number of halogens is 2. The summed E-state index contributed by atoms with van der Waals surface area (Å²) in [5.74, 6) is -0.0890. The molecule has 1 atom stereocenters. The predicted octanol–water partition coefficient (Wildman–Crippen LogP) is 3.63. The molecule has 1 N–H and O–H groups in total. The molecule has 0 spiro atoms. The quantitative estimate of drug-likeness (QED) is 0.879. The minimum Gasteiger partial charge on any atom is -0.316 e. The molecule has 4 heteroatoms. The fraction of sp³-hybridized carbons (Fsp3) is 0.571. The molecule has 1 nitrogen and oxygen atoms in total. The van der Waals surface area contributed by atoms with Crippen LogP contribution < -0.4 is 5.32 Å². The second-order valence-corrected chi connectivity index (χ2v) is 7.20. The minimum absolute atomic E-state index is 0.189. The van der Waals surface area contributed by atoms with Crippen LogP contribution in [0, 0.1) is 11.6 Å². The van der Waals surface area contributed by atoms with Crippen LogP contribution in [0.2, 0.25) is 0 Å². The zero-order chi connectivity index (χ0) is 13.8. The first-order valence-electron chi connectivity index (χ1n) is 6.07. The summed E-state index contributed by atoms with van der Waals surface area (Å²) in [4.78, 5) is 0. The van der Waals surface area contributed by atoms with E-state index in [4.69, 9.17) is 0 Å². The van der Waals surface area contributed by atoms with E-state index in [0.717, 1.165) is 11.8 Å². The first-order valence-corrected chi connectivity index (χ1v) is 7.05. The fourth-order valence-electron chi connectivity index (χ4n) is 1.55. The Kier molecular flexibility index (Phi) is 5.60. The van der Waals surface area contributed by atoms with Crippen molar-refractivity contribution in [1.29, 1.82) is 0 Å². The highest BCUT2D eigenvalue weighted by Gasteiger charge is 2.16. The van der Waals surface area contributed by atoms with Gasteiger partial charge in [0, 0.05) is 22.6 Å². The Hall–Kier alpha value is -0.610. The number of thioether (sulfide) groups is 1. The van der Waals surface area contributed by atoms with Gasteiger partial charge in [-0.25, -0.2) is 8.78 Å². The number of likely N-dealkylation sites (N-methyl/N-ethyl adjacent to an activating group) is 1.